The molecule has 6 heteroatoms. The van der Waals surface area contributed by atoms with Crippen LogP contribution in [0.25, 0.3) is 0 Å². The van der Waals surface area contributed by atoms with Crippen molar-refractivity contribution in [3.05, 3.63) is 59.4 Å². The first-order valence-electron chi connectivity index (χ1n) is 8.12. The Morgan fingerprint density at radius 3 is 2.36 bits per heavy atom. The van der Waals surface area contributed by atoms with Gasteiger partial charge in [-0.1, -0.05) is 31.2 Å². The van der Waals surface area contributed by atoms with Gasteiger partial charge in [-0.25, -0.2) is 9.18 Å². The molecule has 0 radical (unpaired) electrons. The molecule has 0 saturated carbocycles. The molecule has 0 fully saturated rings. The number of rotatable bonds is 5. The maximum absolute atomic E-state index is 13.6. The van der Waals surface area contributed by atoms with Gasteiger partial charge in [0.15, 0.2) is 0 Å². The second-order valence-electron chi connectivity index (χ2n) is 5.79. The summed E-state index contributed by atoms with van der Waals surface area (Å²) in [6.07, 6.45) is 0.962. The van der Waals surface area contributed by atoms with Crippen LogP contribution in [0.1, 0.15) is 37.9 Å². The van der Waals surface area contributed by atoms with Crippen molar-refractivity contribution in [2.24, 2.45) is 0 Å². The molecular weight excluding hydrogens is 321 g/mol. The number of aryl methyl sites for hydroxylation is 1. The van der Waals surface area contributed by atoms with Crippen LogP contribution in [0.4, 0.5) is 20.6 Å². The molecule has 5 nitrogen and oxygen atoms in total. The number of amides is 3. The third-order valence-corrected chi connectivity index (χ3v) is 3.77. The normalized spacial score (nSPS) is 11.5. The minimum absolute atomic E-state index is 0.0218. The van der Waals surface area contributed by atoms with Crippen molar-refractivity contribution >= 4 is 23.3 Å². The molecule has 2 aromatic rings. The van der Waals surface area contributed by atoms with Crippen LogP contribution in [0.3, 0.4) is 0 Å². The van der Waals surface area contributed by atoms with Gasteiger partial charge in [-0.05, 0) is 42.7 Å². The zero-order chi connectivity index (χ0) is 18.4. The van der Waals surface area contributed by atoms with Crippen molar-refractivity contribution in [1.29, 1.82) is 0 Å². The molecule has 0 saturated heterocycles. The number of carbonyl (C=O) groups excluding carboxylic acids is 2. The fraction of sp³-hybridized carbons (Fsp3) is 0.263. The van der Waals surface area contributed by atoms with Gasteiger partial charge in [-0.3, -0.25) is 4.79 Å². The van der Waals surface area contributed by atoms with Gasteiger partial charge in [0.25, 0.3) is 0 Å². The Bertz CT molecular complexity index is 760. The standard InChI is InChI=1S/C19H22FN3O2/c1-4-14-5-7-15(8-6-14)12(2)21-19(25)23-16-9-10-17(20)18(11-16)22-13(3)24/h5-12H,4H2,1-3H3,(H,22,24)(H2,21,23,25). The summed E-state index contributed by atoms with van der Waals surface area (Å²) < 4.78 is 13.6. The maximum atomic E-state index is 13.6. The lowest BCUT2D eigenvalue weighted by atomic mass is 10.1. The summed E-state index contributed by atoms with van der Waals surface area (Å²) in [5, 5.41) is 7.84. The van der Waals surface area contributed by atoms with Gasteiger partial charge in [0, 0.05) is 12.6 Å². The number of nitrogens with one attached hydrogen (secondary N) is 3. The average Bonchev–Trinajstić information content (AvgIpc) is 2.57. The number of hydrogen-bond donors (Lipinski definition) is 3. The van der Waals surface area contributed by atoms with Crippen LogP contribution >= 0.6 is 0 Å². The summed E-state index contributed by atoms with van der Waals surface area (Å²) in [5.74, 6) is -0.949. The Labute approximate surface area is 146 Å². The summed E-state index contributed by atoms with van der Waals surface area (Å²) in [4.78, 5) is 23.2. The molecule has 0 spiro atoms. The highest BCUT2D eigenvalue weighted by Crippen LogP contribution is 2.20. The highest BCUT2D eigenvalue weighted by atomic mass is 19.1. The van der Waals surface area contributed by atoms with E-state index in [4.69, 9.17) is 0 Å². The van der Waals surface area contributed by atoms with E-state index in [0.717, 1.165) is 12.0 Å². The number of hydrogen-bond acceptors (Lipinski definition) is 2. The first-order valence-corrected chi connectivity index (χ1v) is 8.12. The van der Waals surface area contributed by atoms with E-state index < -0.39 is 11.8 Å². The van der Waals surface area contributed by atoms with E-state index in [9.17, 15) is 14.0 Å². The van der Waals surface area contributed by atoms with Crippen molar-refractivity contribution in [1.82, 2.24) is 5.32 Å². The lowest BCUT2D eigenvalue weighted by Gasteiger charge is -2.16. The molecule has 2 rings (SSSR count). The number of carbonyl (C=O) groups is 2. The lowest BCUT2D eigenvalue weighted by Crippen LogP contribution is -2.31. The summed E-state index contributed by atoms with van der Waals surface area (Å²) in [6, 6.07) is 11.4. The van der Waals surface area contributed by atoms with Crippen molar-refractivity contribution in [3.63, 3.8) is 0 Å². The van der Waals surface area contributed by atoms with E-state index >= 15 is 0 Å². The summed E-state index contributed by atoms with van der Waals surface area (Å²) in [5.41, 5.74) is 2.63. The van der Waals surface area contributed by atoms with E-state index in [2.05, 4.69) is 22.9 Å². The van der Waals surface area contributed by atoms with Crippen molar-refractivity contribution in [2.75, 3.05) is 10.6 Å². The van der Waals surface area contributed by atoms with Gasteiger partial charge in [0.1, 0.15) is 5.82 Å². The Balaban J connectivity index is 2.00. The highest BCUT2D eigenvalue weighted by molar-refractivity contribution is 5.92. The van der Waals surface area contributed by atoms with E-state index in [1.54, 1.807) is 0 Å². The van der Waals surface area contributed by atoms with Crippen LogP contribution in [0, 0.1) is 5.82 Å². The fourth-order valence-electron chi connectivity index (χ4n) is 2.38. The van der Waals surface area contributed by atoms with Gasteiger partial charge >= 0.3 is 6.03 Å². The molecule has 0 heterocycles. The third-order valence-electron chi connectivity index (χ3n) is 3.77. The van der Waals surface area contributed by atoms with E-state index in [0.29, 0.717) is 5.69 Å². The average molecular weight is 343 g/mol. The molecule has 0 aromatic heterocycles. The molecule has 0 bridgehead atoms. The summed E-state index contributed by atoms with van der Waals surface area (Å²) in [6.45, 7) is 5.26. The number of benzene rings is 2. The lowest BCUT2D eigenvalue weighted by molar-refractivity contribution is -0.114. The SMILES string of the molecule is CCc1ccc(C(C)NC(=O)Nc2ccc(F)c(NC(C)=O)c2)cc1. The Morgan fingerprint density at radius 2 is 1.76 bits per heavy atom. The molecule has 1 atom stereocenters. The van der Waals surface area contributed by atoms with Crippen molar-refractivity contribution in [2.45, 2.75) is 33.2 Å². The van der Waals surface area contributed by atoms with E-state index in [1.165, 1.54) is 30.7 Å². The molecule has 1 unspecified atom stereocenters. The first-order chi connectivity index (χ1) is 11.9. The predicted octanol–water partition coefficient (Wildman–Crippen LogP) is 4.23. The zero-order valence-corrected chi connectivity index (χ0v) is 14.5. The Morgan fingerprint density at radius 1 is 1.08 bits per heavy atom. The Hall–Kier alpha value is -2.89. The van der Waals surface area contributed by atoms with E-state index in [1.807, 2.05) is 31.2 Å². The molecule has 2 aromatic carbocycles. The molecule has 0 aliphatic heterocycles. The quantitative estimate of drug-likeness (QED) is 0.760. The molecule has 0 aliphatic rings. The van der Waals surface area contributed by atoms with Crippen LogP contribution in [-0.2, 0) is 11.2 Å². The van der Waals surface area contributed by atoms with Gasteiger partial charge in [-0.15, -0.1) is 0 Å². The van der Waals surface area contributed by atoms with Gasteiger partial charge in [0.2, 0.25) is 5.91 Å². The third kappa shape index (κ3) is 5.31. The largest absolute Gasteiger partial charge is 0.331 e. The van der Waals surface area contributed by atoms with Crippen LogP contribution in [0.5, 0.6) is 0 Å². The molecular formula is C19H22FN3O2. The number of anilines is 2. The first kappa shape index (κ1) is 18.4. The molecule has 3 N–H and O–H groups in total. The molecule has 0 aliphatic carbocycles. The van der Waals surface area contributed by atoms with Gasteiger partial charge in [0.05, 0.1) is 11.7 Å². The second-order valence-corrected chi connectivity index (χ2v) is 5.79. The smallest absolute Gasteiger partial charge is 0.319 e. The molecule has 132 valence electrons. The minimum Gasteiger partial charge on any atom is -0.331 e. The van der Waals surface area contributed by atoms with Crippen LogP contribution in [0.2, 0.25) is 0 Å². The van der Waals surface area contributed by atoms with Crippen molar-refractivity contribution < 1.29 is 14.0 Å². The molecule has 3 amide bonds. The number of halogens is 1. The Kier molecular flexibility index (Phi) is 6.11. The number of urea groups is 1. The second kappa shape index (κ2) is 8.28. The maximum Gasteiger partial charge on any atom is 0.319 e. The topological polar surface area (TPSA) is 70.2 Å². The van der Waals surface area contributed by atoms with Gasteiger partial charge < -0.3 is 16.0 Å². The summed E-state index contributed by atoms with van der Waals surface area (Å²) >= 11 is 0. The molecule has 25 heavy (non-hydrogen) atoms. The van der Waals surface area contributed by atoms with Gasteiger partial charge in [-0.2, -0.15) is 0 Å². The van der Waals surface area contributed by atoms with Crippen LogP contribution in [0.15, 0.2) is 42.5 Å². The summed E-state index contributed by atoms with van der Waals surface area (Å²) in [7, 11) is 0. The fourth-order valence-corrected chi connectivity index (χ4v) is 2.38. The van der Waals surface area contributed by atoms with Crippen LogP contribution < -0.4 is 16.0 Å². The van der Waals surface area contributed by atoms with Crippen LogP contribution in [-0.4, -0.2) is 11.9 Å². The predicted molar refractivity (Wildman–Crippen MR) is 97.1 cm³/mol. The van der Waals surface area contributed by atoms with E-state index in [-0.39, 0.29) is 17.6 Å². The monoisotopic (exact) mass is 343 g/mol. The zero-order valence-electron chi connectivity index (χ0n) is 14.5. The van der Waals surface area contributed by atoms with Crippen molar-refractivity contribution in [3.8, 4) is 0 Å². The highest BCUT2D eigenvalue weighted by Gasteiger charge is 2.11. The minimum atomic E-state index is -0.564.